The molecule has 0 aliphatic carbocycles. The second-order valence-electron chi connectivity index (χ2n) is 5.73. The van der Waals surface area contributed by atoms with E-state index >= 15 is 0 Å². The van der Waals surface area contributed by atoms with Gasteiger partial charge in [0.05, 0.1) is 9.82 Å². The maximum absolute atomic E-state index is 12.4. The molecule has 2 aromatic rings. The summed E-state index contributed by atoms with van der Waals surface area (Å²) in [6.07, 6.45) is 1.62. The molecule has 1 aromatic heterocycles. The van der Waals surface area contributed by atoms with Gasteiger partial charge in [-0.05, 0) is 38.5 Å². The molecule has 0 fully saturated rings. The first-order valence-corrected chi connectivity index (χ1v) is 9.71. The first-order valence-electron chi connectivity index (χ1n) is 8.23. The average Bonchev–Trinajstić information content (AvgIpc) is 2.62. The second kappa shape index (κ2) is 8.24. The number of aromatic nitrogens is 1. The summed E-state index contributed by atoms with van der Waals surface area (Å²) in [6, 6.07) is 7.49. The Morgan fingerprint density at radius 2 is 1.88 bits per heavy atom. The fourth-order valence-electron chi connectivity index (χ4n) is 2.47. The number of anilines is 1. The standard InChI is InChI=1S/C17H22N4O4S/c1-4-20(5-2)17-9-7-14(11-18-17)12-19-26(24,25)15-8-6-13(3)16(10-15)21(22)23/h6-11,19H,4-5,12H2,1-3H3. The smallest absolute Gasteiger partial charge is 0.273 e. The number of nitro groups is 1. The zero-order valence-electron chi connectivity index (χ0n) is 15.0. The lowest BCUT2D eigenvalue weighted by atomic mass is 10.2. The highest BCUT2D eigenvalue weighted by Gasteiger charge is 2.19. The number of aryl methyl sites for hydroxylation is 1. The van der Waals surface area contributed by atoms with Crippen LogP contribution in [0.4, 0.5) is 11.5 Å². The van der Waals surface area contributed by atoms with Gasteiger partial charge in [-0.15, -0.1) is 0 Å². The Labute approximate surface area is 153 Å². The largest absolute Gasteiger partial charge is 0.357 e. The average molecular weight is 378 g/mol. The highest BCUT2D eigenvalue weighted by atomic mass is 32.2. The fourth-order valence-corrected chi connectivity index (χ4v) is 3.51. The molecule has 8 nitrogen and oxygen atoms in total. The normalized spacial score (nSPS) is 11.3. The minimum absolute atomic E-state index is 0.0511. The number of pyridine rings is 1. The summed E-state index contributed by atoms with van der Waals surface area (Å²) < 4.78 is 27.2. The molecule has 1 aromatic carbocycles. The van der Waals surface area contributed by atoms with Crippen molar-refractivity contribution in [1.82, 2.24) is 9.71 Å². The van der Waals surface area contributed by atoms with Gasteiger partial charge in [0, 0.05) is 37.5 Å². The van der Waals surface area contributed by atoms with E-state index in [0.717, 1.165) is 25.0 Å². The maximum atomic E-state index is 12.4. The van der Waals surface area contributed by atoms with Crippen molar-refractivity contribution in [1.29, 1.82) is 0 Å². The van der Waals surface area contributed by atoms with Gasteiger partial charge in [0.25, 0.3) is 5.69 Å². The molecule has 1 heterocycles. The summed E-state index contributed by atoms with van der Waals surface area (Å²) in [7, 11) is -3.86. The van der Waals surface area contributed by atoms with E-state index in [9.17, 15) is 18.5 Å². The van der Waals surface area contributed by atoms with Crippen LogP contribution in [-0.2, 0) is 16.6 Å². The van der Waals surface area contributed by atoms with Crippen LogP contribution in [0.25, 0.3) is 0 Å². The number of rotatable bonds is 8. The third-order valence-electron chi connectivity index (χ3n) is 4.05. The molecule has 0 atom stereocenters. The van der Waals surface area contributed by atoms with Crippen LogP contribution < -0.4 is 9.62 Å². The molecule has 2 rings (SSSR count). The molecule has 0 bridgehead atoms. The Morgan fingerprint density at radius 3 is 2.42 bits per heavy atom. The minimum atomic E-state index is -3.86. The molecule has 0 aliphatic heterocycles. The Bertz CT molecular complexity index is 878. The summed E-state index contributed by atoms with van der Waals surface area (Å²) in [5.41, 5.74) is 0.884. The van der Waals surface area contributed by atoms with Crippen LogP contribution in [-0.4, -0.2) is 31.4 Å². The molecule has 0 saturated carbocycles. The Hall–Kier alpha value is -2.52. The van der Waals surface area contributed by atoms with Gasteiger partial charge in [-0.3, -0.25) is 10.1 Å². The van der Waals surface area contributed by atoms with Crippen molar-refractivity contribution in [3.05, 3.63) is 57.8 Å². The molecule has 1 N–H and O–H groups in total. The summed E-state index contributed by atoms with van der Waals surface area (Å²) in [4.78, 5) is 16.7. The maximum Gasteiger partial charge on any atom is 0.273 e. The molecule has 26 heavy (non-hydrogen) atoms. The second-order valence-corrected chi connectivity index (χ2v) is 7.49. The van der Waals surface area contributed by atoms with Crippen LogP contribution in [0.1, 0.15) is 25.0 Å². The van der Waals surface area contributed by atoms with E-state index in [1.807, 2.05) is 19.9 Å². The molecule has 9 heteroatoms. The third-order valence-corrected chi connectivity index (χ3v) is 5.45. The molecule has 140 valence electrons. The summed E-state index contributed by atoms with van der Waals surface area (Å²) in [5, 5.41) is 11.0. The molecule has 0 radical (unpaired) electrons. The molecule has 0 spiro atoms. The van der Waals surface area contributed by atoms with E-state index in [4.69, 9.17) is 0 Å². The van der Waals surface area contributed by atoms with Gasteiger partial charge in [0.1, 0.15) is 5.82 Å². The minimum Gasteiger partial charge on any atom is -0.357 e. The first kappa shape index (κ1) is 19.8. The van der Waals surface area contributed by atoms with Gasteiger partial charge in [0.15, 0.2) is 0 Å². The first-order chi connectivity index (χ1) is 12.3. The fraction of sp³-hybridized carbons (Fsp3) is 0.353. The quantitative estimate of drug-likeness (QED) is 0.559. The van der Waals surface area contributed by atoms with Crippen LogP contribution in [0, 0.1) is 17.0 Å². The zero-order chi connectivity index (χ0) is 19.3. The van der Waals surface area contributed by atoms with Crippen molar-refractivity contribution in [3.63, 3.8) is 0 Å². The highest BCUT2D eigenvalue weighted by Crippen LogP contribution is 2.22. The molecule has 0 amide bonds. The number of benzene rings is 1. The van der Waals surface area contributed by atoms with Crippen LogP contribution in [0.3, 0.4) is 0 Å². The van der Waals surface area contributed by atoms with Crippen LogP contribution in [0.15, 0.2) is 41.4 Å². The lowest BCUT2D eigenvalue weighted by molar-refractivity contribution is -0.385. The van der Waals surface area contributed by atoms with E-state index in [0.29, 0.717) is 11.1 Å². The van der Waals surface area contributed by atoms with Gasteiger partial charge in [0.2, 0.25) is 10.0 Å². The molecule has 0 unspecified atom stereocenters. The zero-order valence-corrected chi connectivity index (χ0v) is 15.8. The van der Waals surface area contributed by atoms with Crippen LogP contribution in [0.2, 0.25) is 0 Å². The number of nitrogens with zero attached hydrogens (tertiary/aromatic N) is 3. The summed E-state index contributed by atoms with van der Waals surface area (Å²) >= 11 is 0. The van der Waals surface area contributed by atoms with Crippen molar-refractivity contribution in [2.75, 3.05) is 18.0 Å². The van der Waals surface area contributed by atoms with Crippen molar-refractivity contribution in [3.8, 4) is 0 Å². The summed E-state index contributed by atoms with van der Waals surface area (Å²) in [5.74, 6) is 0.829. The van der Waals surface area contributed by atoms with Gasteiger partial charge >= 0.3 is 0 Å². The Balaban J connectivity index is 2.13. The molecular weight excluding hydrogens is 356 g/mol. The predicted octanol–water partition coefficient (Wildman–Crippen LogP) is 2.62. The SMILES string of the molecule is CCN(CC)c1ccc(CNS(=O)(=O)c2ccc(C)c([N+](=O)[O-])c2)cn1. The van der Waals surface area contributed by atoms with Gasteiger partial charge in [-0.25, -0.2) is 18.1 Å². The van der Waals surface area contributed by atoms with Crippen LogP contribution >= 0.6 is 0 Å². The van der Waals surface area contributed by atoms with Crippen molar-refractivity contribution in [2.24, 2.45) is 0 Å². The van der Waals surface area contributed by atoms with E-state index in [1.54, 1.807) is 19.2 Å². The van der Waals surface area contributed by atoms with Crippen molar-refractivity contribution < 1.29 is 13.3 Å². The van der Waals surface area contributed by atoms with Crippen molar-refractivity contribution >= 4 is 21.5 Å². The van der Waals surface area contributed by atoms with Crippen molar-refractivity contribution in [2.45, 2.75) is 32.2 Å². The summed E-state index contributed by atoms with van der Waals surface area (Å²) in [6.45, 7) is 7.35. The van der Waals surface area contributed by atoms with Gasteiger partial charge < -0.3 is 4.90 Å². The number of hydrogen-bond donors (Lipinski definition) is 1. The topological polar surface area (TPSA) is 105 Å². The number of nitrogens with one attached hydrogen (secondary N) is 1. The monoisotopic (exact) mass is 378 g/mol. The van der Waals surface area contributed by atoms with E-state index in [-0.39, 0.29) is 17.1 Å². The van der Waals surface area contributed by atoms with E-state index < -0.39 is 14.9 Å². The van der Waals surface area contributed by atoms with Gasteiger partial charge in [-0.1, -0.05) is 12.1 Å². The highest BCUT2D eigenvalue weighted by molar-refractivity contribution is 7.89. The van der Waals surface area contributed by atoms with Gasteiger partial charge in [-0.2, -0.15) is 0 Å². The van der Waals surface area contributed by atoms with Crippen LogP contribution in [0.5, 0.6) is 0 Å². The third kappa shape index (κ3) is 4.55. The lowest BCUT2D eigenvalue weighted by Gasteiger charge is -2.19. The number of hydrogen-bond acceptors (Lipinski definition) is 6. The lowest BCUT2D eigenvalue weighted by Crippen LogP contribution is -2.24. The molecule has 0 aliphatic rings. The Kier molecular flexibility index (Phi) is 6.27. The Morgan fingerprint density at radius 1 is 1.19 bits per heavy atom. The number of sulfonamides is 1. The molecule has 0 saturated heterocycles. The van der Waals surface area contributed by atoms with E-state index in [1.165, 1.54) is 12.1 Å². The van der Waals surface area contributed by atoms with E-state index in [2.05, 4.69) is 14.6 Å². The molecular formula is C17H22N4O4S. The number of nitro benzene ring substituents is 1. The predicted molar refractivity (Wildman–Crippen MR) is 99.7 cm³/mol.